The van der Waals surface area contributed by atoms with Crippen LogP contribution in [0.2, 0.25) is 0 Å². The predicted molar refractivity (Wildman–Crippen MR) is 84.1 cm³/mol. The molecule has 0 unspecified atom stereocenters. The third-order valence-electron chi connectivity index (χ3n) is 3.92. The Bertz CT molecular complexity index is 658. The third kappa shape index (κ3) is 4.20. The molecule has 1 aliphatic heterocycles. The van der Waals surface area contributed by atoms with Crippen molar-refractivity contribution in [2.75, 3.05) is 19.3 Å². The second-order valence-electron chi connectivity index (χ2n) is 5.77. The molecule has 6 nitrogen and oxygen atoms in total. The zero-order valence-corrected chi connectivity index (χ0v) is 13.7. The molecular weight excluding hydrogens is 304 g/mol. The molecule has 1 heterocycles. The normalized spacial score (nSPS) is 19.3. The quantitative estimate of drug-likeness (QED) is 0.837. The minimum absolute atomic E-state index is 0.162. The number of aryl methyl sites for hydroxylation is 1. The Morgan fingerprint density at radius 3 is 2.82 bits per heavy atom. The molecular formula is C15H22N2O4S. The summed E-state index contributed by atoms with van der Waals surface area (Å²) >= 11 is 0. The van der Waals surface area contributed by atoms with E-state index in [0.717, 1.165) is 24.0 Å². The standard InChI is InChI=1S/C15H22N2O4S/c1-11-5-6-12(8-14(11)18)9-15(19)16-10-13-4-3-7-17(13)22(2,20)21/h5-6,8,13,18H,3-4,7,9-10H2,1-2H3,(H,16,19)/t13-/m1/s1. The number of benzene rings is 1. The molecule has 2 N–H and O–H groups in total. The van der Waals surface area contributed by atoms with Gasteiger partial charge in [-0.2, -0.15) is 4.31 Å². The highest BCUT2D eigenvalue weighted by Gasteiger charge is 2.31. The Balaban J connectivity index is 1.89. The topological polar surface area (TPSA) is 86.7 Å². The molecule has 1 atom stereocenters. The van der Waals surface area contributed by atoms with Gasteiger partial charge in [-0.3, -0.25) is 4.79 Å². The molecule has 1 aromatic carbocycles. The van der Waals surface area contributed by atoms with Gasteiger partial charge in [0.2, 0.25) is 15.9 Å². The molecule has 1 aliphatic rings. The Morgan fingerprint density at radius 1 is 1.45 bits per heavy atom. The number of nitrogens with zero attached hydrogens (tertiary/aromatic N) is 1. The van der Waals surface area contributed by atoms with Crippen LogP contribution in [0.3, 0.4) is 0 Å². The van der Waals surface area contributed by atoms with Crippen LogP contribution in [0.25, 0.3) is 0 Å². The van der Waals surface area contributed by atoms with Crippen LogP contribution in [0.15, 0.2) is 18.2 Å². The van der Waals surface area contributed by atoms with Crippen LogP contribution in [0.5, 0.6) is 5.75 Å². The zero-order valence-electron chi connectivity index (χ0n) is 12.9. The summed E-state index contributed by atoms with van der Waals surface area (Å²) in [6.45, 7) is 2.63. The van der Waals surface area contributed by atoms with Gasteiger partial charge < -0.3 is 10.4 Å². The summed E-state index contributed by atoms with van der Waals surface area (Å²) in [6, 6.07) is 4.98. The zero-order chi connectivity index (χ0) is 16.3. The van der Waals surface area contributed by atoms with Crippen molar-refractivity contribution in [3.05, 3.63) is 29.3 Å². The molecule has 0 saturated carbocycles. The summed E-state index contributed by atoms with van der Waals surface area (Å²) < 4.78 is 24.7. The van der Waals surface area contributed by atoms with E-state index in [0.29, 0.717) is 13.1 Å². The highest BCUT2D eigenvalue weighted by molar-refractivity contribution is 7.88. The number of hydrogen-bond acceptors (Lipinski definition) is 4. The highest BCUT2D eigenvalue weighted by Crippen LogP contribution is 2.20. The van der Waals surface area contributed by atoms with Crippen molar-refractivity contribution in [3.63, 3.8) is 0 Å². The van der Waals surface area contributed by atoms with E-state index in [1.54, 1.807) is 25.1 Å². The van der Waals surface area contributed by atoms with E-state index in [4.69, 9.17) is 0 Å². The van der Waals surface area contributed by atoms with Crippen LogP contribution < -0.4 is 5.32 Å². The molecule has 2 rings (SSSR count). The first kappa shape index (κ1) is 16.8. The van der Waals surface area contributed by atoms with E-state index in [1.165, 1.54) is 10.6 Å². The van der Waals surface area contributed by atoms with E-state index in [-0.39, 0.29) is 24.1 Å². The molecule has 1 fully saturated rings. The van der Waals surface area contributed by atoms with Crippen molar-refractivity contribution in [3.8, 4) is 5.75 Å². The van der Waals surface area contributed by atoms with Gasteiger partial charge in [-0.25, -0.2) is 8.42 Å². The number of sulfonamides is 1. The van der Waals surface area contributed by atoms with Gasteiger partial charge in [0.05, 0.1) is 12.7 Å². The number of nitrogens with one attached hydrogen (secondary N) is 1. The molecule has 1 aromatic rings. The molecule has 0 spiro atoms. The largest absolute Gasteiger partial charge is 0.508 e. The number of carbonyl (C=O) groups is 1. The number of phenolic OH excluding ortho intramolecular Hbond substituents is 1. The number of amides is 1. The Kier molecular flexibility index (Phi) is 5.08. The van der Waals surface area contributed by atoms with Crippen molar-refractivity contribution >= 4 is 15.9 Å². The van der Waals surface area contributed by atoms with Gasteiger partial charge in [0.1, 0.15) is 5.75 Å². The molecule has 0 bridgehead atoms. The average molecular weight is 326 g/mol. The first-order valence-electron chi connectivity index (χ1n) is 7.29. The second-order valence-corrected chi connectivity index (χ2v) is 7.71. The summed E-state index contributed by atoms with van der Waals surface area (Å²) in [6.07, 6.45) is 2.94. The Hall–Kier alpha value is -1.60. The Labute approximate surface area is 131 Å². The van der Waals surface area contributed by atoms with Crippen LogP contribution in [-0.4, -0.2) is 49.1 Å². The van der Waals surface area contributed by atoms with E-state index < -0.39 is 10.0 Å². The van der Waals surface area contributed by atoms with Gasteiger partial charge in [0.15, 0.2) is 0 Å². The van der Waals surface area contributed by atoms with E-state index in [1.807, 2.05) is 0 Å². The maximum absolute atomic E-state index is 12.0. The van der Waals surface area contributed by atoms with Gasteiger partial charge >= 0.3 is 0 Å². The summed E-state index contributed by atoms with van der Waals surface area (Å²) in [4.78, 5) is 12.0. The lowest BCUT2D eigenvalue weighted by atomic mass is 10.1. The summed E-state index contributed by atoms with van der Waals surface area (Å²) in [5.41, 5.74) is 1.49. The van der Waals surface area contributed by atoms with Gasteiger partial charge in [0, 0.05) is 19.1 Å². The predicted octanol–water partition coefficient (Wildman–Crippen LogP) is 0.783. The maximum Gasteiger partial charge on any atom is 0.224 e. The maximum atomic E-state index is 12.0. The van der Waals surface area contributed by atoms with Crippen LogP contribution in [0.1, 0.15) is 24.0 Å². The molecule has 1 amide bonds. The second kappa shape index (κ2) is 6.66. The molecule has 0 aromatic heterocycles. The summed E-state index contributed by atoms with van der Waals surface area (Å²) in [5.74, 6) is -0.00653. The number of phenols is 1. The van der Waals surface area contributed by atoms with Gasteiger partial charge in [-0.1, -0.05) is 12.1 Å². The number of hydrogen-bond donors (Lipinski definition) is 2. The monoisotopic (exact) mass is 326 g/mol. The minimum atomic E-state index is -3.22. The number of rotatable bonds is 5. The van der Waals surface area contributed by atoms with Gasteiger partial charge in [-0.05, 0) is 37.0 Å². The van der Waals surface area contributed by atoms with Crippen molar-refractivity contribution in [1.82, 2.24) is 9.62 Å². The van der Waals surface area contributed by atoms with Crippen molar-refractivity contribution in [1.29, 1.82) is 0 Å². The fourth-order valence-corrected chi connectivity index (χ4v) is 3.88. The highest BCUT2D eigenvalue weighted by atomic mass is 32.2. The Morgan fingerprint density at radius 2 is 2.18 bits per heavy atom. The van der Waals surface area contributed by atoms with Crippen LogP contribution in [0, 0.1) is 6.92 Å². The first-order chi connectivity index (χ1) is 10.3. The van der Waals surface area contributed by atoms with E-state index in [2.05, 4.69) is 5.32 Å². The summed E-state index contributed by atoms with van der Waals surface area (Å²) in [5, 5.41) is 12.4. The fourth-order valence-electron chi connectivity index (χ4n) is 2.69. The molecule has 0 aliphatic carbocycles. The average Bonchev–Trinajstić information content (AvgIpc) is 2.89. The number of carbonyl (C=O) groups excluding carboxylic acids is 1. The summed E-state index contributed by atoms with van der Waals surface area (Å²) in [7, 11) is -3.22. The lowest BCUT2D eigenvalue weighted by Gasteiger charge is -2.22. The molecule has 22 heavy (non-hydrogen) atoms. The van der Waals surface area contributed by atoms with E-state index in [9.17, 15) is 18.3 Å². The fraction of sp³-hybridized carbons (Fsp3) is 0.533. The lowest BCUT2D eigenvalue weighted by Crippen LogP contribution is -2.43. The molecule has 0 radical (unpaired) electrons. The van der Waals surface area contributed by atoms with E-state index >= 15 is 0 Å². The van der Waals surface area contributed by atoms with Crippen LogP contribution in [0.4, 0.5) is 0 Å². The van der Waals surface area contributed by atoms with Crippen molar-refractivity contribution in [2.24, 2.45) is 0 Å². The first-order valence-corrected chi connectivity index (χ1v) is 9.14. The lowest BCUT2D eigenvalue weighted by molar-refractivity contribution is -0.120. The minimum Gasteiger partial charge on any atom is -0.508 e. The van der Waals surface area contributed by atoms with Crippen LogP contribution >= 0.6 is 0 Å². The molecule has 1 saturated heterocycles. The van der Waals surface area contributed by atoms with Gasteiger partial charge in [-0.15, -0.1) is 0 Å². The van der Waals surface area contributed by atoms with Crippen molar-refractivity contribution in [2.45, 2.75) is 32.2 Å². The smallest absolute Gasteiger partial charge is 0.224 e. The van der Waals surface area contributed by atoms with Gasteiger partial charge in [0.25, 0.3) is 0 Å². The molecule has 122 valence electrons. The SMILES string of the molecule is Cc1ccc(CC(=O)NC[C@H]2CCCN2S(C)(=O)=O)cc1O. The van der Waals surface area contributed by atoms with Crippen molar-refractivity contribution < 1.29 is 18.3 Å². The number of aromatic hydroxyl groups is 1. The molecule has 7 heteroatoms. The third-order valence-corrected chi connectivity index (χ3v) is 5.25. The van der Waals surface area contributed by atoms with Crippen LogP contribution in [-0.2, 0) is 21.2 Å².